The van der Waals surface area contributed by atoms with Gasteiger partial charge in [-0.3, -0.25) is 0 Å². The molecule has 0 saturated heterocycles. The van der Waals surface area contributed by atoms with Crippen molar-refractivity contribution in [3.05, 3.63) is 52.7 Å². The number of hydrogen-bond donors (Lipinski definition) is 1. The van der Waals surface area contributed by atoms with Gasteiger partial charge < -0.3 is 10.6 Å². The SMILES string of the molecule is Cc1cc(C)cc(N(C)c2nc(C)ccc2C(N)=S)c1. The zero-order chi connectivity index (χ0) is 14.9. The average molecular weight is 285 g/mol. The first kappa shape index (κ1) is 14.5. The van der Waals surface area contributed by atoms with Crippen molar-refractivity contribution in [3.63, 3.8) is 0 Å². The molecule has 1 aromatic carbocycles. The lowest BCUT2D eigenvalue weighted by Crippen LogP contribution is -2.19. The van der Waals surface area contributed by atoms with Gasteiger partial charge >= 0.3 is 0 Å². The van der Waals surface area contributed by atoms with Crippen molar-refractivity contribution in [2.75, 3.05) is 11.9 Å². The predicted octanol–water partition coefficient (Wildman–Crippen LogP) is 3.41. The molecule has 0 spiro atoms. The fraction of sp³-hybridized carbons (Fsp3) is 0.250. The van der Waals surface area contributed by atoms with Gasteiger partial charge in [-0.15, -0.1) is 0 Å². The molecule has 0 amide bonds. The van der Waals surface area contributed by atoms with Crippen molar-refractivity contribution in [1.82, 2.24) is 4.98 Å². The highest BCUT2D eigenvalue weighted by molar-refractivity contribution is 7.80. The summed E-state index contributed by atoms with van der Waals surface area (Å²) in [4.78, 5) is 6.98. The molecule has 20 heavy (non-hydrogen) atoms. The third kappa shape index (κ3) is 2.96. The number of nitrogens with two attached hydrogens (primary N) is 1. The molecular weight excluding hydrogens is 266 g/mol. The maximum absolute atomic E-state index is 5.81. The monoisotopic (exact) mass is 285 g/mol. The number of aryl methyl sites for hydroxylation is 3. The number of pyridine rings is 1. The smallest absolute Gasteiger partial charge is 0.143 e. The Morgan fingerprint density at radius 2 is 1.70 bits per heavy atom. The molecule has 2 aromatic rings. The maximum Gasteiger partial charge on any atom is 0.143 e. The lowest BCUT2D eigenvalue weighted by Gasteiger charge is -2.22. The van der Waals surface area contributed by atoms with Crippen LogP contribution in [0.3, 0.4) is 0 Å². The molecule has 0 fully saturated rings. The molecule has 0 aliphatic rings. The Bertz CT molecular complexity index is 645. The number of aromatic nitrogens is 1. The molecule has 0 aliphatic carbocycles. The Hall–Kier alpha value is -1.94. The highest BCUT2D eigenvalue weighted by Gasteiger charge is 2.13. The molecule has 1 aromatic heterocycles. The van der Waals surface area contributed by atoms with Crippen LogP contribution in [0.2, 0.25) is 0 Å². The second-order valence-corrected chi connectivity index (χ2v) is 5.53. The fourth-order valence-electron chi connectivity index (χ4n) is 2.26. The minimum atomic E-state index is 0.365. The number of benzene rings is 1. The summed E-state index contributed by atoms with van der Waals surface area (Å²) in [5.74, 6) is 0.794. The molecule has 0 unspecified atom stereocenters. The zero-order valence-electron chi connectivity index (χ0n) is 12.3. The zero-order valence-corrected chi connectivity index (χ0v) is 13.1. The van der Waals surface area contributed by atoms with Crippen molar-refractivity contribution in [2.24, 2.45) is 5.73 Å². The molecule has 104 valence electrons. The molecule has 0 atom stereocenters. The van der Waals surface area contributed by atoms with E-state index in [9.17, 15) is 0 Å². The number of nitrogens with zero attached hydrogens (tertiary/aromatic N) is 2. The molecule has 3 nitrogen and oxygen atoms in total. The Labute approximate surface area is 125 Å². The van der Waals surface area contributed by atoms with E-state index in [0.29, 0.717) is 4.99 Å². The van der Waals surface area contributed by atoms with Crippen molar-refractivity contribution < 1.29 is 0 Å². The fourth-order valence-corrected chi connectivity index (χ4v) is 2.42. The summed E-state index contributed by atoms with van der Waals surface area (Å²) in [5.41, 5.74) is 11.1. The molecule has 0 aliphatic heterocycles. The van der Waals surface area contributed by atoms with Gasteiger partial charge in [0, 0.05) is 18.4 Å². The van der Waals surface area contributed by atoms with Gasteiger partial charge in [0.05, 0.1) is 5.56 Å². The van der Waals surface area contributed by atoms with E-state index in [-0.39, 0.29) is 0 Å². The van der Waals surface area contributed by atoms with E-state index in [0.717, 1.165) is 22.8 Å². The van der Waals surface area contributed by atoms with E-state index in [4.69, 9.17) is 18.0 Å². The van der Waals surface area contributed by atoms with Crippen molar-refractivity contribution in [1.29, 1.82) is 0 Å². The third-order valence-electron chi connectivity index (χ3n) is 3.19. The highest BCUT2D eigenvalue weighted by atomic mass is 32.1. The van der Waals surface area contributed by atoms with Gasteiger partial charge in [0.2, 0.25) is 0 Å². The summed E-state index contributed by atoms with van der Waals surface area (Å²) in [7, 11) is 1.98. The quantitative estimate of drug-likeness (QED) is 0.878. The first-order valence-corrected chi connectivity index (χ1v) is 6.89. The normalized spacial score (nSPS) is 10.4. The first-order valence-electron chi connectivity index (χ1n) is 6.48. The van der Waals surface area contributed by atoms with Crippen molar-refractivity contribution >= 4 is 28.7 Å². The Kier molecular flexibility index (Phi) is 4.04. The van der Waals surface area contributed by atoms with Crippen LogP contribution in [-0.4, -0.2) is 17.0 Å². The van der Waals surface area contributed by atoms with Gasteiger partial charge in [-0.25, -0.2) is 4.98 Å². The van der Waals surface area contributed by atoms with Gasteiger partial charge in [-0.05, 0) is 56.2 Å². The van der Waals surface area contributed by atoms with Gasteiger partial charge in [-0.1, -0.05) is 18.3 Å². The summed E-state index contributed by atoms with van der Waals surface area (Å²) in [5, 5.41) is 0. The Morgan fingerprint density at radius 1 is 1.10 bits per heavy atom. The van der Waals surface area contributed by atoms with Gasteiger partial charge in [-0.2, -0.15) is 0 Å². The van der Waals surface area contributed by atoms with E-state index in [1.807, 2.05) is 31.0 Å². The van der Waals surface area contributed by atoms with E-state index in [1.165, 1.54) is 11.1 Å². The van der Waals surface area contributed by atoms with Gasteiger partial charge in [0.25, 0.3) is 0 Å². The number of hydrogen-bond acceptors (Lipinski definition) is 3. The Balaban J connectivity index is 2.54. The van der Waals surface area contributed by atoms with E-state index in [2.05, 4.69) is 37.0 Å². The molecule has 0 radical (unpaired) electrons. The molecule has 2 N–H and O–H groups in total. The van der Waals surface area contributed by atoms with Crippen LogP contribution < -0.4 is 10.6 Å². The lowest BCUT2D eigenvalue weighted by atomic mass is 10.1. The average Bonchev–Trinajstić information content (AvgIpc) is 2.36. The summed E-state index contributed by atoms with van der Waals surface area (Å²) >= 11 is 5.12. The number of anilines is 2. The first-order chi connectivity index (χ1) is 9.38. The molecule has 4 heteroatoms. The van der Waals surface area contributed by atoms with Crippen LogP contribution in [0.15, 0.2) is 30.3 Å². The Morgan fingerprint density at radius 3 is 2.25 bits per heavy atom. The highest BCUT2D eigenvalue weighted by Crippen LogP contribution is 2.27. The van der Waals surface area contributed by atoms with E-state index >= 15 is 0 Å². The second-order valence-electron chi connectivity index (χ2n) is 5.09. The van der Waals surface area contributed by atoms with Crippen LogP contribution in [0.25, 0.3) is 0 Å². The van der Waals surface area contributed by atoms with Crippen molar-refractivity contribution in [2.45, 2.75) is 20.8 Å². The second kappa shape index (κ2) is 5.59. The molecular formula is C16H19N3S. The minimum absolute atomic E-state index is 0.365. The topological polar surface area (TPSA) is 42.2 Å². The van der Waals surface area contributed by atoms with Crippen LogP contribution >= 0.6 is 12.2 Å². The van der Waals surface area contributed by atoms with E-state index in [1.54, 1.807) is 0 Å². The molecule has 1 heterocycles. The van der Waals surface area contributed by atoms with E-state index < -0.39 is 0 Å². The summed E-state index contributed by atoms with van der Waals surface area (Å²) < 4.78 is 0. The number of rotatable bonds is 3. The van der Waals surface area contributed by atoms with Gasteiger partial charge in [0.15, 0.2) is 0 Å². The predicted molar refractivity (Wildman–Crippen MR) is 88.8 cm³/mol. The van der Waals surface area contributed by atoms with Crippen LogP contribution in [-0.2, 0) is 0 Å². The summed E-state index contributed by atoms with van der Waals surface area (Å²) in [6.45, 7) is 6.13. The molecule has 2 rings (SSSR count). The summed E-state index contributed by atoms with van der Waals surface area (Å²) in [6, 6.07) is 10.3. The molecule has 0 bridgehead atoms. The molecule has 0 saturated carbocycles. The maximum atomic E-state index is 5.81. The summed E-state index contributed by atoms with van der Waals surface area (Å²) in [6.07, 6.45) is 0. The lowest BCUT2D eigenvalue weighted by molar-refractivity contribution is 1.08. The van der Waals surface area contributed by atoms with Crippen LogP contribution in [0.1, 0.15) is 22.4 Å². The number of thiocarbonyl (C=S) groups is 1. The standard InChI is InChI=1S/C16H19N3S/c1-10-7-11(2)9-13(8-10)19(4)16-14(15(17)20)6-5-12(3)18-16/h5-9H,1-4H3,(H2,17,20). The third-order valence-corrected chi connectivity index (χ3v) is 3.41. The minimum Gasteiger partial charge on any atom is -0.389 e. The van der Waals surface area contributed by atoms with Crippen molar-refractivity contribution in [3.8, 4) is 0 Å². The van der Waals surface area contributed by atoms with Gasteiger partial charge in [0.1, 0.15) is 10.8 Å². The van der Waals surface area contributed by atoms with Crippen LogP contribution in [0.4, 0.5) is 11.5 Å². The van der Waals surface area contributed by atoms with Crippen LogP contribution in [0, 0.1) is 20.8 Å². The van der Waals surface area contributed by atoms with Crippen LogP contribution in [0.5, 0.6) is 0 Å². The largest absolute Gasteiger partial charge is 0.389 e.